The maximum absolute atomic E-state index is 13.5. The topological polar surface area (TPSA) is 92.5 Å². The third kappa shape index (κ3) is 3.86. The molecule has 0 saturated heterocycles. The quantitative estimate of drug-likeness (QED) is 0.653. The van der Waals surface area contributed by atoms with Crippen molar-refractivity contribution < 1.29 is 23.6 Å². The third-order valence-corrected chi connectivity index (χ3v) is 3.13. The van der Waals surface area contributed by atoms with Gasteiger partial charge in [0, 0.05) is 24.2 Å². The van der Waals surface area contributed by atoms with Crippen LogP contribution in [0.4, 0.5) is 14.5 Å². The molecule has 0 aliphatic rings. The molecule has 0 aliphatic carbocycles. The first-order valence-corrected chi connectivity index (χ1v) is 6.54. The number of halogens is 2. The normalized spacial score (nSPS) is 11.8. The van der Waals surface area contributed by atoms with Gasteiger partial charge in [-0.25, -0.2) is 8.78 Å². The maximum Gasteiger partial charge on any atom is 0.269 e. The van der Waals surface area contributed by atoms with Gasteiger partial charge in [0.2, 0.25) is 0 Å². The van der Waals surface area contributed by atoms with Crippen LogP contribution in [0.1, 0.15) is 22.0 Å². The van der Waals surface area contributed by atoms with Gasteiger partial charge in [-0.2, -0.15) is 0 Å². The Kier molecular flexibility index (Phi) is 4.97. The van der Waals surface area contributed by atoms with Crippen molar-refractivity contribution in [3.8, 4) is 0 Å². The van der Waals surface area contributed by atoms with Crippen LogP contribution in [0, 0.1) is 21.7 Å². The number of non-ortho nitro benzene ring substituents is 1. The molecular weight excluding hydrogens is 310 g/mol. The summed E-state index contributed by atoms with van der Waals surface area (Å²) in [6, 6.07) is 7.95. The second-order valence-electron chi connectivity index (χ2n) is 4.67. The van der Waals surface area contributed by atoms with E-state index in [1.165, 1.54) is 12.1 Å². The number of carbonyl (C=O) groups excluding carboxylic acids is 1. The van der Waals surface area contributed by atoms with Crippen molar-refractivity contribution in [2.24, 2.45) is 0 Å². The minimum absolute atomic E-state index is 0.122. The van der Waals surface area contributed by atoms with Crippen LogP contribution in [-0.2, 0) is 0 Å². The summed E-state index contributed by atoms with van der Waals surface area (Å²) in [5, 5.41) is 22.6. The molecule has 2 rings (SSSR count). The molecule has 0 aromatic heterocycles. The van der Waals surface area contributed by atoms with Crippen molar-refractivity contribution in [2.75, 3.05) is 6.54 Å². The SMILES string of the molecule is O=C(NCC(O)c1c(F)cccc1F)c1ccc([N+](=O)[O-])cc1. The lowest BCUT2D eigenvalue weighted by molar-refractivity contribution is -0.384. The molecule has 1 atom stereocenters. The fourth-order valence-electron chi connectivity index (χ4n) is 1.96. The lowest BCUT2D eigenvalue weighted by Crippen LogP contribution is -2.29. The highest BCUT2D eigenvalue weighted by molar-refractivity contribution is 5.94. The number of nitrogens with zero attached hydrogens (tertiary/aromatic N) is 1. The molecule has 0 heterocycles. The zero-order valence-corrected chi connectivity index (χ0v) is 11.7. The highest BCUT2D eigenvalue weighted by Crippen LogP contribution is 2.20. The standard InChI is InChI=1S/C15H12F2N2O4/c16-11-2-1-3-12(17)14(11)13(20)8-18-15(21)9-4-6-10(7-5-9)19(22)23/h1-7,13,20H,8H2,(H,18,21). The third-order valence-electron chi connectivity index (χ3n) is 3.13. The minimum Gasteiger partial charge on any atom is -0.386 e. The molecular formula is C15H12F2N2O4. The lowest BCUT2D eigenvalue weighted by atomic mass is 10.1. The van der Waals surface area contributed by atoms with Crippen LogP contribution in [-0.4, -0.2) is 22.5 Å². The summed E-state index contributed by atoms with van der Waals surface area (Å²) in [7, 11) is 0. The fourth-order valence-corrected chi connectivity index (χ4v) is 1.96. The van der Waals surface area contributed by atoms with Crippen molar-refractivity contribution in [3.05, 3.63) is 75.3 Å². The van der Waals surface area contributed by atoms with E-state index in [0.29, 0.717) is 0 Å². The van der Waals surface area contributed by atoms with Gasteiger partial charge in [-0.3, -0.25) is 14.9 Å². The molecule has 0 bridgehead atoms. The number of hydrogen-bond donors (Lipinski definition) is 2. The van der Waals surface area contributed by atoms with Crippen LogP contribution in [0.2, 0.25) is 0 Å². The number of rotatable bonds is 5. The summed E-state index contributed by atoms with van der Waals surface area (Å²) in [4.78, 5) is 21.8. The van der Waals surface area contributed by atoms with E-state index in [1.807, 2.05) is 0 Å². The average Bonchev–Trinajstić information content (AvgIpc) is 2.52. The van der Waals surface area contributed by atoms with Crippen molar-refractivity contribution in [2.45, 2.75) is 6.10 Å². The molecule has 6 nitrogen and oxygen atoms in total. The zero-order valence-electron chi connectivity index (χ0n) is 11.7. The number of nitro benzene ring substituents is 1. The summed E-state index contributed by atoms with van der Waals surface area (Å²) < 4.78 is 27.0. The van der Waals surface area contributed by atoms with E-state index in [2.05, 4.69) is 5.32 Å². The second kappa shape index (κ2) is 6.93. The fraction of sp³-hybridized carbons (Fsp3) is 0.133. The van der Waals surface area contributed by atoms with Gasteiger partial charge in [0.1, 0.15) is 17.7 Å². The summed E-state index contributed by atoms with van der Waals surface area (Å²) in [5.41, 5.74) is -0.580. The van der Waals surface area contributed by atoms with Crippen LogP contribution < -0.4 is 5.32 Å². The number of benzene rings is 2. The van der Waals surface area contributed by atoms with E-state index < -0.39 is 40.7 Å². The van der Waals surface area contributed by atoms with E-state index in [4.69, 9.17) is 0 Å². The first-order chi connectivity index (χ1) is 10.9. The molecule has 23 heavy (non-hydrogen) atoms. The Morgan fingerprint density at radius 1 is 1.17 bits per heavy atom. The van der Waals surface area contributed by atoms with Crippen molar-refractivity contribution >= 4 is 11.6 Å². The van der Waals surface area contributed by atoms with Crippen LogP contribution >= 0.6 is 0 Å². The maximum atomic E-state index is 13.5. The zero-order chi connectivity index (χ0) is 17.0. The Bertz CT molecular complexity index is 715. The minimum atomic E-state index is -1.56. The van der Waals surface area contributed by atoms with Gasteiger partial charge >= 0.3 is 0 Å². The lowest BCUT2D eigenvalue weighted by Gasteiger charge is -2.13. The van der Waals surface area contributed by atoms with Gasteiger partial charge in [0.25, 0.3) is 11.6 Å². The van der Waals surface area contributed by atoms with Crippen LogP contribution in [0.5, 0.6) is 0 Å². The summed E-state index contributed by atoms with van der Waals surface area (Å²) in [6.07, 6.45) is -1.56. The van der Waals surface area contributed by atoms with Crippen molar-refractivity contribution in [1.29, 1.82) is 0 Å². The Balaban J connectivity index is 2.02. The summed E-state index contributed by atoms with van der Waals surface area (Å²) in [5.74, 6) is -2.46. The number of carbonyl (C=O) groups is 1. The van der Waals surface area contributed by atoms with Crippen LogP contribution in [0.3, 0.4) is 0 Å². The second-order valence-corrected chi connectivity index (χ2v) is 4.67. The van der Waals surface area contributed by atoms with E-state index >= 15 is 0 Å². The van der Waals surface area contributed by atoms with Crippen LogP contribution in [0.25, 0.3) is 0 Å². The summed E-state index contributed by atoms with van der Waals surface area (Å²) in [6.45, 7) is -0.409. The average molecular weight is 322 g/mol. The van der Waals surface area contributed by atoms with E-state index in [-0.39, 0.29) is 11.3 Å². The van der Waals surface area contributed by atoms with Crippen LogP contribution in [0.15, 0.2) is 42.5 Å². The van der Waals surface area contributed by atoms with E-state index in [9.17, 15) is 28.8 Å². The van der Waals surface area contributed by atoms with Gasteiger partial charge in [0.15, 0.2) is 0 Å². The molecule has 0 saturated carbocycles. The monoisotopic (exact) mass is 322 g/mol. The predicted octanol–water partition coefficient (Wildman–Crippen LogP) is 2.34. The van der Waals surface area contributed by atoms with Gasteiger partial charge in [-0.05, 0) is 24.3 Å². The number of nitro groups is 1. The smallest absolute Gasteiger partial charge is 0.269 e. The highest BCUT2D eigenvalue weighted by Gasteiger charge is 2.19. The molecule has 2 aromatic rings. The summed E-state index contributed by atoms with van der Waals surface area (Å²) >= 11 is 0. The molecule has 8 heteroatoms. The highest BCUT2D eigenvalue weighted by atomic mass is 19.1. The Morgan fingerprint density at radius 3 is 2.26 bits per heavy atom. The number of hydrogen-bond acceptors (Lipinski definition) is 4. The first kappa shape index (κ1) is 16.5. The molecule has 0 spiro atoms. The number of aliphatic hydroxyl groups is 1. The number of amides is 1. The largest absolute Gasteiger partial charge is 0.386 e. The predicted molar refractivity (Wildman–Crippen MR) is 76.7 cm³/mol. The van der Waals surface area contributed by atoms with Gasteiger partial charge in [0.05, 0.1) is 10.5 Å². The molecule has 1 unspecified atom stereocenters. The molecule has 0 aliphatic heterocycles. The Labute approximate surface area is 129 Å². The molecule has 2 N–H and O–H groups in total. The molecule has 1 amide bonds. The van der Waals surface area contributed by atoms with E-state index in [1.54, 1.807) is 0 Å². The number of aliphatic hydroxyl groups excluding tert-OH is 1. The van der Waals surface area contributed by atoms with E-state index in [0.717, 1.165) is 30.3 Å². The van der Waals surface area contributed by atoms with Gasteiger partial charge < -0.3 is 10.4 Å². The molecule has 2 aromatic carbocycles. The first-order valence-electron chi connectivity index (χ1n) is 6.54. The van der Waals surface area contributed by atoms with Gasteiger partial charge in [-0.15, -0.1) is 0 Å². The number of nitrogens with one attached hydrogen (secondary N) is 1. The van der Waals surface area contributed by atoms with Crippen molar-refractivity contribution in [1.82, 2.24) is 5.32 Å². The van der Waals surface area contributed by atoms with Gasteiger partial charge in [-0.1, -0.05) is 6.07 Å². The Morgan fingerprint density at radius 2 is 1.74 bits per heavy atom. The van der Waals surface area contributed by atoms with Crippen molar-refractivity contribution in [3.63, 3.8) is 0 Å². The molecule has 120 valence electrons. The molecule has 0 fully saturated rings. The Hall–Kier alpha value is -2.87. The molecule has 0 radical (unpaired) electrons.